The highest BCUT2D eigenvalue weighted by molar-refractivity contribution is 7.46. The molecule has 1 saturated heterocycles. The number of methoxy groups -OCH3 is 1. The van der Waals surface area contributed by atoms with Gasteiger partial charge in [0.05, 0.1) is 19.3 Å². The first-order chi connectivity index (χ1) is 11.1. The molecule has 4 N–H and O–H groups in total. The van der Waals surface area contributed by atoms with Crippen LogP contribution >= 0.6 is 7.82 Å². The molecule has 3 atom stereocenters. The lowest BCUT2D eigenvalue weighted by Crippen LogP contribution is -2.48. The highest BCUT2D eigenvalue weighted by Crippen LogP contribution is 2.42. The van der Waals surface area contributed by atoms with E-state index in [4.69, 9.17) is 19.3 Å². The quantitative estimate of drug-likeness (QED) is 0.445. The number of aromatic amines is 1. The largest absolute Gasteiger partial charge is 0.469 e. The van der Waals surface area contributed by atoms with Gasteiger partial charge in [-0.1, -0.05) is 0 Å². The second-order valence-corrected chi connectivity index (χ2v) is 6.80. The van der Waals surface area contributed by atoms with Crippen molar-refractivity contribution in [2.75, 3.05) is 20.3 Å². The number of hydrogen-bond acceptors (Lipinski definition) is 7. The van der Waals surface area contributed by atoms with Gasteiger partial charge in [-0.15, -0.1) is 0 Å². The predicted molar refractivity (Wildman–Crippen MR) is 79.4 cm³/mol. The van der Waals surface area contributed by atoms with Crippen LogP contribution in [0.2, 0.25) is 0 Å². The maximum atomic E-state index is 11.9. The summed E-state index contributed by atoms with van der Waals surface area (Å²) < 4.78 is 27.1. The first-order valence-corrected chi connectivity index (χ1v) is 8.48. The molecule has 12 heteroatoms. The molecule has 1 aliphatic heterocycles. The zero-order chi connectivity index (χ0) is 18.1. The number of ether oxygens (including phenoxy) is 2. The topological polar surface area (TPSA) is 160 Å². The maximum Gasteiger partial charge on any atom is 0.469 e. The molecule has 2 rings (SSSR count). The fourth-order valence-corrected chi connectivity index (χ4v) is 2.90. The molecule has 11 nitrogen and oxygen atoms in total. The normalized spacial score (nSPS) is 27.5. The van der Waals surface area contributed by atoms with Gasteiger partial charge in [-0.2, -0.15) is 0 Å². The van der Waals surface area contributed by atoms with Gasteiger partial charge in [0.2, 0.25) is 0 Å². The van der Waals surface area contributed by atoms with E-state index in [0.29, 0.717) is 0 Å². The summed E-state index contributed by atoms with van der Waals surface area (Å²) in [7, 11) is -3.47. The average molecular weight is 366 g/mol. The number of aryl methyl sites for hydroxylation is 1. The molecule has 0 spiro atoms. The van der Waals surface area contributed by atoms with Crippen molar-refractivity contribution in [2.24, 2.45) is 0 Å². The predicted octanol–water partition coefficient (Wildman–Crippen LogP) is -1.38. The molecule has 0 unspecified atom stereocenters. The van der Waals surface area contributed by atoms with E-state index in [-0.39, 0.29) is 18.6 Å². The van der Waals surface area contributed by atoms with Crippen molar-refractivity contribution in [3.63, 3.8) is 0 Å². The number of nitrogens with one attached hydrogen (secondary N) is 1. The summed E-state index contributed by atoms with van der Waals surface area (Å²) in [5, 5.41) is 10.3. The molecule has 1 fully saturated rings. The van der Waals surface area contributed by atoms with Crippen LogP contribution in [0.4, 0.5) is 0 Å². The molecular formula is C12H19N2O9P. The zero-order valence-electron chi connectivity index (χ0n) is 13.0. The standard InChI is InChI=1S/C12H19N2O9P/c1-7-4-14(11(17)13-10(7)16)9-3-8(15)12(23-9,5-21-2)6-22-24(18,19)20/h4,8-9,15H,3,5-6H2,1-2H3,(H,13,16,17)(H2,18,19,20)/t8-,9+,12+/m0/s1. The maximum absolute atomic E-state index is 11.9. The van der Waals surface area contributed by atoms with Crippen molar-refractivity contribution >= 4 is 7.82 Å². The SMILES string of the molecule is COC[C@]1(COP(=O)(O)O)O[C@@H](n2cc(C)c(=O)[nH]c2=O)C[C@@H]1O. The first-order valence-electron chi connectivity index (χ1n) is 6.95. The van der Waals surface area contributed by atoms with Gasteiger partial charge in [0.1, 0.15) is 11.8 Å². The van der Waals surface area contributed by atoms with Crippen LogP contribution < -0.4 is 11.2 Å². The van der Waals surface area contributed by atoms with Crippen LogP contribution in [0.25, 0.3) is 0 Å². The summed E-state index contributed by atoms with van der Waals surface area (Å²) in [5.74, 6) is 0. The smallest absolute Gasteiger partial charge is 0.390 e. The third-order valence-electron chi connectivity index (χ3n) is 3.72. The van der Waals surface area contributed by atoms with Crippen LogP contribution in [0.3, 0.4) is 0 Å². The summed E-state index contributed by atoms with van der Waals surface area (Å²) in [4.78, 5) is 43.2. The Labute approximate surface area is 136 Å². The molecule has 2 heterocycles. The molecule has 0 aliphatic carbocycles. The van der Waals surface area contributed by atoms with Gasteiger partial charge in [0, 0.05) is 25.3 Å². The lowest BCUT2D eigenvalue weighted by Gasteiger charge is -2.31. The number of hydrogen-bond donors (Lipinski definition) is 4. The van der Waals surface area contributed by atoms with Crippen LogP contribution in [0.15, 0.2) is 15.8 Å². The lowest BCUT2D eigenvalue weighted by atomic mass is 9.99. The molecule has 0 saturated carbocycles. The fourth-order valence-electron chi connectivity index (χ4n) is 2.51. The minimum absolute atomic E-state index is 0.0563. The van der Waals surface area contributed by atoms with Gasteiger partial charge in [-0.05, 0) is 6.92 Å². The fraction of sp³-hybridized carbons (Fsp3) is 0.667. The monoisotopic (exact) mass is 366 g/mol. The van der Waals surface area contributed by atoms with E-state index in [1.54, 1.807) is 0 Å². The van der Waals surface area contributed by atoms with Crippen LogP contribution in [0, 0.1) is 6.92 Å². The van der Waals surface area contributed by atoms with Crippen molar-refractivity contribution in [2.45, 2.75) is 31.3 Å². The van der Waals surface area contributed by atoms with E-state index >= 15 is 0 Å². The first kappa shape index (κ1) is 19.0. The van der Waals surface area contributed by atoms with Gasteiger partial charge >= 0.3 is 13.5 Å². The highest BCUT2D eigenvalue weighted by atomic mass is 31.2. The molecule has 0 aromatic carbocycles. The molecule has 1 aromatic heterocycles. The van der Waals surface area contributed by atoms with Crippen molar-refractivity contribution in [1.82, 2.24) is 9.55 Å². The number of phosphoric acid groups is 1. The Balaban J connectivity index is 2.31. The van der Waals surface area contributed by atoms with Crippen LogP contribution in [0.1, 0.15) is 18.2 Å². The second kappa shape index (κ2) is 6.89. The Morgan fingerprint density at radius 1 is 1.46 bits per heavy atom. The number of nitrogens with zero attached hydrogens (tertiary/aromatic N) is 1. The third-order valence-corrected chi connectivity index (χ3v) is 4.19. The summed E-state index contributed by atoms with van der Waals surface area (Å²) in [5.41, 5.74) is -2.57. The van der Waals surface area contributed by atoms with Gasteiger partial charge in [-0.3, -0.25) is 18.9 Å². The number of phosphoric ester groups is 1. The zero-order valence-corrected chi connectivity index (χ0v) is 13.9. The second-order valence-electron chi connectivity index (χ2n) is 5.56. The minimum atomic E-state index is -4.79. The van der Waals surface area contributed by atoms with E-state index in [0.717, 1.165) is 4.57 Å². The van der Waals surface area contributed by atoms with E-state index in [9.17, 15) is 19.3 Å². The van der Waals surface area contributed by atoms with E-state index < -0.39 is 43.6 Å². The third kappa shape index (κ3) is 4.01. The van der Waals surface area contributed by atoms with Crippen LogP contribution in [-0.2, 0) is 18.6 Å². The molecular weight excluding hydrogens is 347 g/mol. The number of aliphatic hydroxyl groups excluding tert-OH is 1. The number of H-pyrrole nitrogens is 1. The van der Waals surface area contributed by atoms with Crippen LogP contribution in [-0.4, -0.2) is 56.5 Å². The molecule has 24 heavy (non-hydrogen) atoms. The molecule has 0 bridgehead atoms. The lowest BCUT2D eigenvalue weighted by molar-refractivity contribution is -0.154. The van der Waals surface area contributed by atoms with Crippen molar-refractivity contribution in [3.05, 3.63) is 32.6 Å². The van der Waals surface area contributed by atoms with Crippen molar-refractivity contribution < 1.29 is 33.5 Å². The summed E-state index contributed by atoms with van der Waals surface area (Å²) in [6.45, 7) is 0.640. The Morgan fingerprint density at radius 3 is 2.71 bits per heavy atom. The summed E-state index contributed by atoms with van der Waals surface area (Å²) in [6.07, 6.45) is -0.948. The number of aromatic nitrogens is 2. The van der Waals surface area contributed by atoms with Crippen molar-refractivity contribution in [1.29, 1.82) is 0 Å². The molecule has 1 aromatic rings. The minimum Gasteiger partial charge on any atom is -0.390 e. The number of aliphatic hydroxyl groups is 1. The number of rotatable bonds is 6. The Morgan fingerprint density at radius 2 is 2.12 bits per heavy atom. The Bertz CT molecular complexity index is 754. The molecule has 0 radical (unpaired) electrons. The van der Waals surface area contributed by atoms with Gasteiger partial charge in [0.15, 0.2) is 0 Å². The highest BCUT2D eigenvalue weighted by Gasteiger charge is 2.50. The summed E-state index contributed by atoms with van der Waals surface area (Å²) >= 11 is 0. The molecule has 136 valence electrons. The average Bonchev–Trinajstić information content (AvgIpc) is 2.78. The van der Waals surface area contributed by atoms with E-state index in [1.165, 1.54) is 20.2 Å². The Hall–Kier alpha value is -1.33. The molecule has 1 aliphatic rings. The van der Waals surface area contributed by atoms with E-state index in [2.05, 4.69) is 9.51 Å². The Kier molecular flexibility index (Phi) is 5.45. The molecule has 0 amide bonds. The van der Waals surface area contributed by atoms with Crippen molar-refractivity contribution in [3.8, 4) is 0 Å². The van der Waals surface area contributed by atoms with Gasteiger partial charge < -0.3 is 24.4 Å². The van der Waals surface area contributed by atoms with E-state index in [1.807, 2.05) is 0 Å². The summed E-state index contributed by atoms with van der Waals surface area (Å²) in [6, 6.07) is 0. The van der Waals surface area contributed by atoms with Crippen LogP contribution in [0.5, 0.6) is 0 Å². The van der Waals surface area contributed by atoms with Gasteiger partial charge in [0.25, 0.3) is 5.56 Å². The van der Waals surface area contributed by atoms with Gasteiger partial charge in [-0.25, -0.2) is 9.36 Å².